The lowest BCUT2D eigenvalue weighted by Gasteiger charge is -2.28. The molecule has 0 saturated heterocycles. The van der Waals surface area contributed by atoms with Crippen LogP contribution in [0, 0.1) is 17.6 Å². The maximum Gasteiger partial charge on any atom is 0.344 e. The van der Waals surface area contributed by atoms with Crippen LogP contribution in [0.3, 0.4) is 0 Å². The van der Waals surface area contributed by atoms with Crippen molar-refractivity contribution in [2.24, 2.45) is 5.92 Å². The highest BCUT2D eigenvalue weighted by Gasteiger charge is 2.27. The van der Waals surface area contributed by atoms with E-state index in [1.165, 1.54) is 0 Å². The highest BCUT2D eigenvalue weighted by atomic mass is 19.1. The molecule has 2 atom stereocenters. The Morgan fingerprint density at radius 1 is 1.40 bits per heavy atom. The smallest absolute Gasteiger partial charge is 0.344 e. The Balaban J connectivity index is 2.11. The Morgan fingerprint density at radius 3 is 2.85 bits per heavy atom. The first-order valence-corrected chi connectivity index (χ1v) is 6.97. The zero-order chi connectivity index (χ0) is 14.7. The number of halogens is 2. The van der Waals surface area contributed by atoms with E-state index in [4.69, 9.17) is 10.5 Å². The van der Waals surface area contributed by atoms with Gasteiger partial charge in [0.25, 0.3) is 0 Å². The van der Waals surface area contributed by atoms with Gasteiger partial charge in [-0.1, -0.05) is 19.8 Å². The minimum atomic E-state index is -1.04. The third kappa shape index (κ3) is 3.08. The molecule has 0 aliphatic heterocycles. The van der Waals surface area contributed by atoms with Crippen LogP contribution < -0.4 is 5.73 Å². The highest BCUT2D eigenvalue weighted by molar-refractivity contribution is 5.91. The molecule has 20 heavy (non-hydrogen) atoms. The summed E-state index contributed by atoms with van der Waals surface area (Å²) in [5, 5.41) is 0. The number of anilines is 1. The summed E-state index contributed by atoms with van der Waals surface area (Å²) in [4.78, 5) is 11.9. The lowest BCUT2D eigenvalue weighted by Crippen LogP contribution is -2.26. The van der Waals surface area contributed by atoms with E-state index in [0.717, 1.165) is 44.2 Å². The average Bonchev–Trinajstić information content (AvgIpc) is 2.43. The van der Waals surface area contributed by atoms with Gasteiger partial charge in [0.1, 0.15) is 17.5 Å². The predicted octanol–water partition coefficient (Wildman–Crippen LogP) is 3.67. The molecule has 0 radical (unpaired) electrons. The van der Waals surface area contributed by atoms with Crippen LogP contribution in [0.25, 0.3) is 0 Å². The molecule has 3 nitrogen and oxygen atoms in total. The zero-order valence-electron chi connectivity index (χ0n) is 11.5. The Bertz CT molecular complexity index is 505. The van der Waals surface area contributed by atoms with Crippen LogP contribution in [0.5, 0.6) is 0 Å². The lowest BCUT2D eigenvalue weighted by atomic mass is 9.85. The molecule has 0 bridgehead atoms. The van der Waals surface area contributed by atoms with Gasteiger partial charge in [-0.2, -0.15) is 0 Å². The molecule has 2 unspecified atom stereocenters. The fraction of sp³-hybridized carbons (Fsp3) is 0.533. The van der Waals surface area contributed by atoms with Crippen LogP contribution in [-0.2, 0) is 4.74 Å². The molecule has 1 aromatic rings. The van der Waals surface area contributed by atoms with Crippen LogP contribution in [0.2, 0.25) is 0 Å². The normalized spacial score (nSPS) is 22.6. The lowest BCUT2D eigenvalue weighted by molar-refractivity contribution is 0.0130. The third-order valence-electron chi connectivity index (χ3n) is 3.91. The summed E-state index contributed by atoms with van der Waals surface area (Å²) < 4.78 is 32.6. The molecule has 110 valence electrons. The highest BCUT2D eigenvalue weighted by Crippen LogP contribution is 2.29. The molecule has 0 amide bonds. The first kappa shape index (κ1) is 14.8. The van der Waals surface area contributed by atoms with Crippen LogP contribution in [-0.4, -0.2) is 12.1 Å². The third-order valence-corrected chi connectivity index (χ3v) is 3.91. The van der Waals surface area contributed by atoms with E-state index in [9.17, 15) is 13.6 Å². The summed E-state index contributed by atoms with van der Waals surface area (Å²) in [5.41, 5.74) is 4.41. The molecule has 2 rings (SSSR count). The molecular formula is C15H19F2NO2. The maximum atomic E-state index is 13.7. The monoisotopic (exact) mass is 283 g/mol. The minimum absolute atomic E-state index is 0.256. The summed E-state index contributed by atoms with van der Waals surface area (Å²) in [7, 11) is 0. The quantitative estimate of drug-likeness (QED) is 0.680. The largest absolute Gasteiger partial charge is 0.459 e. The second-order valence-electron chi connectivity index (χ2n) is 5.29. The van der Waals surface area contributed by atoms with Crippen LogP contribution in [0.1, 0.15) is 49.4 Å². The van der Waals surface area contributed by atoms with Gasteiger partial charge in [-0.3, -0.25) is 0 Å². The van der Waals surface area contributed by atoms with Gasteiger partial charge in [0.05, 0.1) is 5.69 Å². The molecule has 1 aromatic carbocycles. The molecule has 5 heteroatoms. The Morgan fingerprint density at radius 2 is 2.15 bits per heavy atom. The number of benzene rings is 1. The van der Waals surface area contributed by atoms with Crippen LogP contribution in [0.15, 0.2) is 12.1 Å². The second-order valence-corrected chi connectivity index (χ2v) is 5.29. The van der Waals surface area contributed by atoms with Gasteiger partial charge in [0, 0.05) is 0 Å². The van der Waals surface area contributed by atoms with Crippen LogP contribution >= 0.6 is 0 Å². The molecule has 1 aliphatic carbocycles. The fourth-order valence-electron chi connectivity index (χ4n) is 2.69. The first-order valence-electron chi connectivity index (χ1n) is 6.97. The molecule has 1 aliphatic rings. The number of nitrogens with two attached hydrogens (primary N) is 1. The number of carbonyl (C=O) groups excluding carboxylic acids is 1. The van der Waals surface area contributed by atoms with Gasteiger partial charge < -0.3 is 10.5 Å². The van der Waals surface area contributed by atoms with Gasteiger partial charge in [0.2, 0.25) is 0 Å². The van der Waals surface area contributed by atoms with E-state index < -0.39 is 23.2 Å². The fourth-order valence-corrected chi connectivity index (χ4v) is 2.69. The Labute approximate surface area is 117 Å². The summed E-state index contributed by atoms with van der Waals surface area (Å²) in [6.07, 6.45) is 4.35. The molecule has 0 spiro atoms. The molecule has 0 aromatic heterocycles. The minimum Gasteiger partial charge on any atom is -0.459 e. The van der Waals surface area contributed by atoms with Crippen molar-refractivity contribution in [3.8, 4) is 0 Å². The number of hydrogen-bond acceptors (Lipinski definition) is 3. The number of carbonyl (C=O) groups is 1. The Hall–Kier alpha value is -1.65. The van der Waals surface area contributed by atoms with E-state index in [1.807, 2.05) is 0 Å². The Kier molecular flexibility index (Phi) is 4.57. The maximum absolute atomic E-state index is 13.7. The zero-order valence-corrected chi connectivity index (χ0v) is 11.5. The van der Waals surface area contributed by atoms with Crippen molar-refractivity contribution < 1.29 is 18.3 Å². The van der Waals surface area contributed by atoms with Crippen molar-refractivity contribution in [2.45, 2.75) is 45.1 Å². The topological polar surface area (TPSA) is 52.3 Å². The summed E-state index contributed by atoms with van der Waals surface area (Å²) >= 11 is 0. The van der Waals surface area contributed by atoms with Crippen LogP contribution in [0.4, 0.5) is 14.5 Å². The summed E-state index contributed by atoms with van der Waals surface area (Å²) in [5.74, 6) is -2.44. The molecular weight excluding hydrogens is 264 g/mol. The number of ether oxygens (including phenoxy) is 1. The number of nitrogen functional groups attached to an aromatic ring is 1. The van der Waals surface area contributed by atoms with E-state index in [-0.39, 0.29) is 11.8 Å². The average molecular weight is 283 g/mol. The van der Waals surface area contributed by atoms with E-state index >= 15 is 0 Å². The SMILES string of the molecule is CCC1CCCC(OC(=O)c2c(F)ccc(N)c2F)C1. The molecule has 1 fully saturated rings. The van der Waals surface area contributed by atoms with Crippen molar-refractivity contribution in [2.75, 3.05) is 5.73 Å². The van der Waals surface area contributed by atoms with Gasteiger partial charge in [-0.05, 0) is 37.3 Å². The number of rotatable bonds is 3. The van der Waals surface area contributed by atoms with E-state index in [2.05, 4.69) is 6.92 Å². The van der Waals surface area contributed by atoms with Crippen molar-refractivity contribution in [1.82, 2.24) is 0 Å². The van der Waals surface area contributed by atoms with Crippen molar-refractivity contribution in [3.63, 3.8) is 0 Å². The molecule has 2 N–H and O–H groups in total. The van der Waals surface area contributed by atoms with Gasteiger partial charge in [0.15, 0.2) is 5.82 Å². The van der Waals surface area contributed by atoms with Crippen molar-refractivity contribution in [3.05, 3.63) is 29.3 Å². The van der Waals surface area contributed by atoms with Gasteiger partial charge in [-0.15, -0.1) is 0 Å². The van der Waals surface area contributed by atoms with Gasteiger partial charge in [-0.25, -0.2) is 13.6 Å². The second kappa shape index (κ2) is 6.20. The predicted molar refractivity (Wildman–Crippen MR) is 72.2 cm³/mol. The van der Waals surface area contributed by atoms with Crippen molar-refractivity contribution in [1.29, 1.82) is 0 Å². The number of hydrogen-bond donors (Lipinski definition) is 1. The van der Waals surface area contributed by atoms with Gasteiger partial charge >= 0.3 is 5.97 Å². The van der Waals surface area contributed by atoms with E-state index in [1.54, 1.807) is 0 Å². The summed E-state index contributed by atoms with van der Waals surface area (Å²) in [6.45, 7) is 2.09. The first-order chi connectivity index (χ1) is 9.52. The number of esters is 1. The van der Waals surface area contributed by atoms with Crippen molar-refractivity contribution >= 4 is 11.7 Å². The van der Waals surface area contributed by atoms with E-state index in [0.29, 0.717) is 5.92 Å². The molecule has 1 saturated carbocycles. The molecule has 0 heterocycles. The standard InChI is InChI=1S/C15H19F2NO2/c1-2-9-4-3-5-10(8-9)20-15(19)13-11(16)6-7-12(18)14(13)17/h6-7,9-10H,2-5,8,18H2,1H3. The summed E-state index contributed by atoms with van der Waals surface area (Å²) in [6, 6.07) is 2.07.